The van der Waals surface area contributed by atoms with Crippen LogP contribution in [0.1, 0.15) is 31.7 Å². The number of piperidine rings is 1. The Labute approximate surface area is 181 Å². The van der Waals surface area contributed by atoms with Crippen LogP contribution >= 0.6 is 24.0 Å². The molecule has 1 fully saturated rings. The number of rotatable bonds is 10. The highest BCUT2D eigenvalue weighted by Gasteiger charge is 2.09. The molecule has 2 N–H and O–H groups in total. The zero-order chi connectivity index (χ0) is 18.5. The highest BCUT2D eigenvalue weighted by atomic mass is 127. The fourth-order valence-corrected chi connectivity index (χ4v) is 3.00. The van der Waals surface area contributed by atoms with Gasteiger partial charge in [0.1, 0.15) is 12.4 Å². The third-order valence-electron chi connectivity index (χ3n) is 4.39. The van der Waals surface area contributed by atoms with Crippen LogP contribution in [0.2, 0.25) is 0 Å². The number of ether oxygens (including phenoxy) is 2. The molecule has 0 aliphatic carbocycles. The summed E-state index contributed by atoms with van der Waals surface area (Å²) in [5, 5.41) is 6.76. The van der Waals surface area contributed by atoms with Crippen molar-refractivity contribution in [2.24, 2.45) is 4.99 Å². The van der Waals surface area contributed by atoms with Gasteiger partial charge in [0, 0.05) is 26.7 Å². The topological polar surface area (TPSA) is 58.1 Å². The van der Waals surface area contributed by atoms with E-state index in [2.05, 4.69) is 28.5 Å². The minimum absolute atomic E-state index is 0. The zero-order valence-electron chi connectivity index (χ0n) is 16.7. The predicted molar refractivity (Wildman–Crippen MR) is 122 cm³/mol. The summed E-state index contributed by atoms with van der Waals surface area (Å²) >= 11 is 0. The fraction of sp³-hybridized carbons (Fsp3) is 0.650. The summed E-state index contributed by atoms with van der Waals surface area (Å²) in [7, 11) is 1.68. The van der Waals surface area contributed by atoms with Crippen LogP contribution in [0.5, 0.6) is 5.75 Å². The maximum Gasteiger partial charge on any atom is 0.191 e. The highest BCUT2D eigenvalue weighted by Crippen LogP contribution is 2.14. The van der Waals surface area contributed by atoms with E-state index in [1.54, 1.807) is 7.11 Å². The van der Waals surface area contributed by atoms with Crippen molar-refractivity contribution in [2.45, 2.75) is 32.7 Å². The van der Waals surface area contributed by atoms with Gasteiger partial charge in [-0.1, -0.05) is 18.6 Å². The van der Waals surface area contributed by atoms with Crippen molar-refractivity contribution in [3.8, 4) is 5.75 Å². The first-order valence-electron chi connectivity index (χ1n) is 9.77. The smallest absolute Gasteiger partial charge is 0.191 e. The standard InChI is InChI=1S/C20H34N4O2.HI/c1-3-21-20(22-10-13-24-11-5-4-6-12-24)23-17-18-8-7-9-19(16-18)26-15-14-25-2;/h7-9,16H,3-6,10-15,17H2,1-2H3,(H2,21,22,23);1H. The monoisotopic (exact) mass is 490 g/mol. The van der Waals surface area contributed by atoms with E-state index in [0.717, 1.165) is 36.9 Å². The zero-order valence-corrected chi connectivity index (χ0v) is 19.0. The summed E-state index contributed by atoms with van der Waals surface area (Å²) < 4.78 is 10.7. The Hall–Kier alpha value is -1.06. The van der Waals surface area contributed by atoms with Gasteiger partial charge in [0.05, 0.1) is 13.2 Å². The first kappa shape index (κ1) is 24.0. The molecule has 0 amide bonds. The second-order valence-electron chi connectivity index (χ2n) is 6.51. The first-order chi connectivity index (χ1) is 12.8. The van der Waals surface area contributed by atoms with Crippen molar-refractivity contribution in [2.75, 3.05) is 53.0 Å². The molecule has 1 aliphatic heterocycles. The Morgan fingerprint density at radius 1 is 1.15 bits per heavy atom. The molecule has 1 heterocycles. The first-order valence-corrected chi connectivity index (χ1v) is 9.77. The maximum absolute atomic E-state index is 5.66. The largest absolute Gasteiger partial charge is 0.491 e. The molecule has 0 atom stereocenters. The van der Waals surface area contributed by atoms with Crippen molar-refractivity contribution >= 4 is 29.9 Å². The van der Waals surface area contributed by atoms with Gasteiger partial charge < -0.3 is 25.0 Å². The van der Waals surface area contributed by atoms with Gasteiger partial charge in [0.2, 0.25) is 0 Å². The SMILES string of the molecule is CCNC(=NCc1cccc(OCCOC)c1)NCCN1CCCCC1.I. The predicted octanol–water partition coefficient (Wildman–Crippen LogP) is 2.87. The minimum atomic E-state index is 0. The molecule has 1 aromatic rings. The summed E-state index contributed by atoms with van der Waals surface area (Å²) in [6.45, 7) is 9.18. The number of aliphatic imine (C=N–C) groups is 1. The molecular formula is C20H35IN4O2. The van der Waals surface area contributed by atoms with Gasteiger partial charge in [0.15, 0.2) is 5.96 Å². The number of halogens is 1. The maximum atomic E-state index is 5.66. The number of likely N-dealkylation sites (tertiary alicyclic amines) is 1. The lowest BCUT2D eigenvalue weighted by Gasteiger charge is -2.26. The molecule has 1 aliphatic rings. The fourth-order valence-electron chi connectivity index (χ4n) is 3.00. The molecule has 0 spiro atoms. The number of nitrogens with zero attached hydrogens (tertiary/aromatic N) is 2. The summed E-state index contributed by atoms with van der Waals surface area (Å²) in [6, 6.07) is 8.08. The van der Waals surface area contributed by atoms with E-state index < -0.39 is 0 Å². The second kappa shape index (κ2) is 14.9. The molecule has 0 unspecified atom stereocenters. The molecule has 1 aromatic carbocycles. The molecule has 154 valence electrons. The van der Waals surface area contributed by atoms with Crippen LogP contribution in [0.15, 0.2) is 29.3 Å². The van der Waals surface area contributed by atoms with Gasteiger partial charge in [0.25, 0.3) is 0 Å². The molecule has 0 bridgehead atoms. The van der Waals surface area contributed by atoms with Crippen LogP contribution in [0.4, 0.5) is 0 Å². The summed E-state index contributed by atoms with van der Waals surface area (Å²) in [6.07, 6.45) is 4.04. The molecular weight excluding hydrogens is 455 g/mol. The Morgan fingerprint density at radius 2 is 1.96 bits per heavy atom. The van der Waals surface area contributed by atoms with Crippen LogP contribution in [0, 0.1) is 0 Å². The molecule has 6 nitrogen and oxygen atoms in total. The normalized spacial score (nSPS) is 15.1. The average Bonchev–Trinajstić information content (AvgIpc) is 2.67. The number of nitrogens with one attached hydrogen (secondary N) is 2. The molecule has 0 radical (unpaired) electrons. The van der Waals surface area contributed by atoms with E-state index in [9.17, 15) is 0 Å². The van der Waals surface area contributed by atoms with E-state index in [-0.39, 0.29) is 24.0 Å². The van der Waals surface area contributed by atoms with E-state index in [4.69, 9.17) is 14.5 Å². The highest BCUT2D eigenvalue weighted by molar-refractivity contribution is 14.0. The van der Waals surface area contributed by atoms with Crippen LogP contribution in [-0.4, -0.2) is 63.9 Å². The van der Waals surface area contributed by atoms with Crippen LogP contribution in [0.25, 0.3) is 0 Å². The van der Waals surface area contributed by atoms with Crippen LogP contribution in [-0.2, 0) is 11.3 Å². The van der Waals surface area contributed by atoms with Crippen molar-refractivity contribution in [1.82, 2.24) is 15.5 Å². The van der Waals surface area contributed by atoms with Gasteiger partial charge >= 0.3 is 0 Å². The van der Waals surface area contributed by atoms with E-state index in [1.807, 2.05) is 18.2 Å². The molecule has 0 aromatic heterocycles. The van der Waals surface area contributed by atoms with Crippen molar-refractivity contribution < 1.29 is 9.47 Å². The third kappa shape index (κ3) is 10.2. The van der Waals surface area contributed by atoms with E-state index in [0.29, 0.717) is 19.8 Å². The summed E-state index contributed by atoms with van der Waals surface area (Å²) in [5.41, 5.74) is 1.13. The van der Waals surface area contributed by atoms with Gasteiger partial charge in [-0.2, -0.15) is 0 Å². The molecule has 1 saturated heterocycles. The number of benzene rings is 1. The van der Waals surface area contributed by atoms with E-state index >= 15 is 0 Å². The van der Waals surface area contributed by atoms with Gasteiger partial charge in [-0.05, 0) is 50.6 Å². The molecule has 27 heavy (non-hydrogen) atoms. The number of methoxy groups -OCH3 is 1. The van der Waals surface area contributed by atoms with Gasteiger partial charge in [-0.15, -0.1) is 24.0 Å². The minimum Gasteiger partial charge on any atom is -0.491 e. The van der Waals surface area contributed by atoms with Crippen LogP contribution < -0.4 is 15.4 Å². The second-order valence-corrected chi connectivity index (χ2v) is 6.51. The lowest BCUT2D eigenvalue weighted by molar-refractivity contribution is 0.146. The molecule has 7 heteroatoms. The summed E-state index contributed by atoms with van der Waals surface area (Å²) in [5.74, 6) is 1.73. The Kier molecular flexibility index (Phi) is 13.3. The van der Waals surface area contributed by atoms with Crippen molar-refractivity contribution in [3.05, 3.63) is 29.8 Å². The summed E-state index contributed by atoms with van der Waals surface area (Å²) in [4.78, 5) is 7.23. The lowest BCUT2D eigenvalue weighted by Crippen LogP contribution is -2.42. The number of hydrogen-bond donors (Lipinski definition) is 2. The Balaban J connectivity index is 0.00000364. The Bertz CT molecular complexity index is 536. The average molecular weight is 490 g/mol. The van der Waals surface area contributed by atoms with Crippen molar-refractivity contribution in [3.63, 3.8) is 0 Å². The molecule has 0 saturated carbocycles. The van der Waals surface area contributed by atoms with Gasteiger partial charge in [-0.25, -0.2) is 4.99 Å². The number of hydrogen-bond acceptors (Lipinski definition) is 4. The van der Waals surface area contributed by atoms with E-state index in [1.165, 1.54) is 32.4 Å². The third-order valence-corrected chi connectivity index (χ3v) is 4.39. The number of guanidine groups is 1. The van der Waals surface area contributed by atoms with Crippen LogP contribution in [0.3, 0.4) is 0 Å². The Morgan fingerprint density at radius 3 is 2.70 bits per heavy atom. The van der Waals surface area contributed by atoms with Crippen molar-refractivity contribution in [1.29, 1.82) is 0 Å². The lowest BCUT2D eigenvalue weighted by atomic mass is 10.1. The van der Waals surface area contributed by atoms with Gasteiger partial charge in [-0.3, -0.25) is 0 Å². The molecule has 2 rings (SSSR count). The quantitative estimate of drug-likeness (QED) is 0.229.